The molecule has 0 spiro atoms. The Morgan fingerprint density at radius 3 is 2.70 bits per heavy atom. The SMILES string of the molecule is CCc1nc2cccc(Cl)c2c(=O)n1CCCN1CCCCC1. The Balaban J connectivity index is 1.82. The molecule has 0 aliphatic carbocycles. The number of piperidine rings is 1. The number of halogens is 1. The predicted octanol–water partition coefficient (Wildman–Crippen LogP) is 3.49. The summed E-state index contributed by atoms with van der Waals surface area (Å²) >= 11 is 6.22. The van der Waals surface area contributed by atoms with E-state index in [2.05, 4.69) is 9.88 Å². The van der Waals surface area contributed by atoms with Crippen LogP contribution in [0.2, 0.25) is 5.02 Å². The van der Waals surface area contributed by atoms with E-state index in [-0.39, 0.29) is 5.56 Å². The van der Waals surface area contributed by atoms with Crippen LogP contribution >= 0.6 is 11.6 Å². The number of rotatable bonds is 5. The number of hydrogen-bond acceptors (Lipinski definition) is 3. The van der Waals surface area contributed by atoms with Crippen molar-refractivity contribution in [1.82, 2.24) is 14.5 Å². The number of benzene rings is 1. The molecule has 1 aromatic carbocycles. The van der Waals surface area contributed by atoms with Gasteiger partial charge < -0.3 is 4.90 Å². The van der Waals surface area contributed by atoms with Crippen LogP contribution in [0.25, 0.3) is 10.9 Å². The molecule has 1 aliphatic rings. The summed E-state index contributed by atoms with van der Waals surface area (Å²) < 4.78 is 1.82. The van der Waals surface area contributed by atoms with Crippen molar-refractivity contribution in [3.05, 3.63) is 39.4 Å². The van der Waals surface area contributed by atoms with E-state index >= 15 is 0 Å². The van der Waals surface area contributed by atoms with Crippen molar-refractivity contribution < 1.29 is 0 Å². The lowest BCUT2D eigenvalue weighted by molar-refractivity contribution is 0.222. The Labute approximate surface area is 142 Å². The maximum atomic E-state index is 12.8. The van der Waals surface area contributed by atoms with E-state index < -0.39 is 0 Å². The molecule has 1 aliphatic heterocycles. The second-order valence-electron chi connectivity index (χ2n) is 6.23. The van der Waals surface area contributed by atoms with Gasteiger partial charge in [0.2, 0.25) is 0 Å². The summed E-state index contributed by atoms with van der Waals surface area (Å²) in [4.78, 5) is 20.0. The van der Waals surface area contributed by atoms with Crippen molar-refractivity contribution >= 4 is 22.5 Å². The van der Waals surface area contributed by atoms with Crippen molar-refractivity contribution in [1.29, 1.82) is 0 Å². The van der Waals surface area contributed by atoms with Crippen LogP contribution in [0.15, 0.2) is 23.0 Å². The minimum Gasteiger partial charge on any atom is -0.303 e. The molecule has 124 valence electrons. The molecular weight excluding hydrogens is 310 g/mol. The van der Waals surface area contributed by atoms with Gasteiger partial charge in [-0.25, -0.2) is 4.98 Å². The van der Waals surface area contributed by atoms with E-state index in [1.807, 2.05) is 23.6 Å². The quantitative estimate of drug-likeness (QED) is 0.840. The highest BCUT2D eigenvalue weighted by atomic mass is 35.5. The van der Waals surface area contributed by atoms with Gasteiger partial charge in [0.15, 0.2) is 0 Å². The first kappa shape index (κ1) is 16.5. The molecule has 1 saturated heterocycles. The van der Waals surface area contributed by atoms with Crippen LogP contribution in [-0.4, -0.2) is 34.1 Å². The van der Waals surface area contributed by atoms with Gasteiger partial charge in [-0.15, -0.1) is 0 Å². The average molecular weight is 334 g/mol. The molecule has 3 rings (SSSR count). The molecule has 2 aromatic rings. The highest BCUT2D eigenvalue weighted by Crippen LogP contribution is 2.19. The second kappa shape index (κ2) is 7.45. The van der Waals surface area contributed by atoms with Gasteiger partial charge in [0.05, 0.1) is 15.9 Å². The van der Waals surface area contributed by atoms with E-state index in [4.69, 9.17) is 11.6 Å². The minimum absolute atomic E-state index is 0.00362. The first-order valence-corrected chi connectivity index (χ1v) is 8.99. The fourth-order valence-corrected chi connectivity index (χ4v) is 3.66. The van der Waals surface area contributed by atoms with Crippen LogP contribution in [-0.2, 0) is 13.0 Å². The summed E-state index contributed by atoms with van der Waals surface area (Å²) in [5, 5.41) is 1.04. The standard InChI is InChI=1S/C18H24ClN3O/c1-2-16-20-15-9-6-8-14(19)17(15)18(23)22(16)13-7-12-21-10-4-3-5-11-21/h6,8-9H,2-5,7,10-13H2,1H3. The minimum atomic E-state index is -0.00362. The summed E-state index contributed by atoms with van der Waals surface area (Å²) in [5.74, 6) is 0.850. The van der Waals surface area contributed by atoms with Gasteiger partial charge in [-0.05, 0) is 51.0 Å². The van der Waals surface area contributed by atoms with Crippen LogP contribution in [0.1, 0.15) is 38.4 Å². The molecule has 1 aromatic heterocycles. The second-order valence-corrected chi connectivity index (χ2v) is 6.64. The molecule has 0 bridgehead atoms. The largest absolute Gasteiger partial charge is 0.303 e. The maximum absolute atomic E-state index is 12.8. The lowest BCUT2D eigenvalue weighted by atomic mass is 10.1. The van der Waals surface area contributed by atoms with Gasteiger partial charge >= 0.3 is 0 Å². The van der Waals surface area contributed by atoms with Crippen LogP contribution in [0.4, 0.5) is 0 Å². The summed E-state index contributed by atoms with van der Waals surface area (Å²) in [6, 6.07) is 5.47. The summed E-state index contributed by atoms with van der Waals surface area (Å²) in [7, 11) is 0. The van der Waals surface area contributed by atoms with Gasteiger partial charge in [0.25, 0.3) is 5.56 Å². The lowest BCUT2D eigenvalue weighted by Gasteiger charge is -2.26. The Bertz CT molecular complexity index is 735. The first-order valence-electron chi connectivity index (χ1n) is 8.61. The van der Waals surface area contributed by atoms with Crippen LogP contribution in [0.3, 0.4) is 0 Å². The normalized spacial score (nSPS) is 16.1. The smallest absolute Gasteiger partial charge is 0.262 e. The molecule has 0 atom stereocenters. The zero-order valence-electron chi connectivity index (χ0n) is 13.7. The first-order chi connectivity index (χ1) is 11.2. The summed E-state index contributed by atoms with van der Waals surface area (Å²) in [5.41, 5.74) is 0.697. The lowest BCUT2D eigenvalue weighted by Crippen LogP contribution is -2.32. The molecule has 1 fully saturated rings. The molecule has 0 saturated carbocycles. The van der Waals surface area contributed by atoms with E-state index in [0.29, 0.717) is 22.5 Å². The fraction of sp³-hybridized carbons (Fsp3) is 0.556. The molecule has 0 radical (unpaired) electrons. The molecule has 0 N–H and O–H groups in total. The van der Waals surface area contributed by atoms with Gasteiger partial charge in [0, 0.05) is 13.0 Å². The molecule has 4 nitrogen and oxygen atoms in total. The van der Waals surface area contributed by atoms with Crippen molar-refractivity contribution in [3.8, 4) is 0 Å². The van der Waals surface area contributed by atoms with Gasteiger partial charge in [0.1, 0.15) is 5.82 Å². The molecular formula is C18H24ClN3O. The topological polar surface area (TPSA) is 38.1 Å². The third-order valence-corrected chi connectivity index (χ3v) is 4.95. The zero-order valence-corrected chi connectivity index (χ0v) is 14.5. The maximum Gasteiger partial charge on any atom is 0.262 e. The van der Waals surface area contributed by atoms with Crippen LogP contribution in [0.5, 0.6) is 0 Å². The van der Waals surface area contributed by atoms with Crippen molar-refractivity contribution in [2.75, 3.05) is 19.6 Å². The average Bonchev–Trinajstić information content (AvgIpc) is 2.57. The Morgan fingerprint density at radius 1 is 1.17 bits per heavy atom. The highest BCUT2D eigenvalue weighted by Gasteiger charge is 2.13. The number of nitrogens with zero attached hydrogens (tertiary/aromatic N) is 3. The number of aromatic nitrogens is 2. The highest BCUT2D eigenvalue weighted by molar-refractivity contribution is 6.35. The Hall–Kier alpha value is -1.39. The summed E-state index contributed by atoms with van der Waals surface area (Å²) in [6.07, 6.45) is 5.68. The Kier molecular flexibility index (Phi) is 5.34. The number of likely N-dealkylation sites (tertiary alicyclic amines) is 1. The van der Waals surface area contributed by atoms with Crippen molar-refractivity contribution in [2.45, 2.75) is 45.6 Å². The molecule has 0 unspecified atom stereocenters. The predicted molar refractivity (Wildman–Crippen MR) is 95.3 cm³/mol. The van der Waals surface area contributed by atoms with E-state index in [9.17, 15) is 4.79 Å². The third-order valence-electron chi connectivity index (χ3n) is 4.63. The van der Waals surface area contributed by atoms with Gasteiger partial charge in [-0.1, -0.05) is 31.0 Å². The van der Waals surface area contributed by atoms with E-state index in [1.54, 1.807) is 6.07 Å². The number of fused-ring (bicyclic) bond motifs is 1. The van der Waals surface area contributed by atoms with E-state index in [1.165, 1.54) is 32.4 Å². The van der Waals surface area contributed by atoms with Crippen LogP contribution < -0.4 is 5.56 Å². The summed E-state index contributed by atoms with van der Waals surface area (Å²) in [6.45, 7) is 6.19. The molecule has 2 heterocycles. The van der Waals surface area contributed by atoms with Crippen molar-refractivity contribution in [2.24, 2.45) is 0 Å². The monoisotopic (exact) mass is 333 g/mol. The van der Waals surface area contributed by atoms with Crippen LogP contribution in [0, 0.1) is 0 Å². The number of aryl methyl sites for hydroxylation is 1. The van der Waals surface area contributed by atoms with Gasteiger partial charge in [-0.3, -0.25) is 9.36 Å². The van der Waals surface area contributed by atoms with E-state index in [0.717, 1.165) is 25.2 Å². The molecule has 23 heavy (non-hydrogen) atoms. The molecule has 5 heteroatoms. The Morgan fingerprint density at radius 2 is 1.96 bits per heavy atom. The van der Waals surface area contributed by atoms with Gasteiger partial charge in [-0.2, -0.15) is 0 Å². The fourth-order valence-electron chi connectivity index (χ4n) is 3.41. The van der Waals surface area contributed by atoms with Crippen molar-refractivity contribution in [3.63, 3.8) is 0 Å². The third kappa shape index (κ3) is 3.59. The molecule has 0 amide bonds. The number of hydrogen-bond donors (Lipinski definition) is 0. The zero-order chi connectivity index (χ0) is 16.2.